The van der Waals surface area contributed by atoms with E-state index in [0.717, 1.165) is 16.7 Å². The van der Waals surface area contributed by atoms with Crippen molar-refractivity contribution < 1.29 is 28.1 Å². The second-order valence-corrected chi connectivity index (χ2v) is 19.6. The fourth-order valence-corrected chi connectivity index (χ4v) is 12.1. The third-order valence-electron chi connectivity index (χ3n) is 10.3. The third-order valence-corrected chi connectivity index (χ3v) is 15.2. The Hall–Kier alpha value is -4.60. The van der Waals surface area contributed by atoms with E-state index in [9.17, 15) is 0 Å². The highest BCUT2D eigenvalue weighted by Gasteiger charge is 2.51. The van der Waals surface area contributed by atoms with Gasteiger partial charge in [0.2, 0.25) is 0 Å². The van der Waals surface area contributed by atoms with E-state index in [1.807, 2.05) is 72.8 Å². The Morgan fingerprint density at radius 1 is 0.607 bits per heavy atom. The van der Waals surface area contributed by atoms with Gasteiger partial charge in [0.05, 0.1) is 33.0 Å². The van der Waals surface area contributed by atoms with Crippen molar-refractivity contribution in [3.63, 3.8) is 0 Å². The average Bonchev–Trinajstić information content (AvgIpc) is 3.22. The maximum atomic E-state index is 7.24. The van der Waals surface area contributed by atoms with Gasteiger partial charge in [-0.25, -0.2) is 0 Å². The highest BCUT2D eigenvalue weighted by atomic mass is 28.4. The zero-order chi connectivity index (χ0) is 39.2. The lowest BCUT2D eigenvalue weighted by Gasteiger charge is -2.47. The first-order valence-corrected chi connectivity index (χ1v) is 21.5. The minimum absolute atomic E-state index is 0.190. The number of hydrogen-bond acceptors (Lipinski definition) is 6. The zero-order valence-electron chi connectivity index (χ0n) is 33.0. The predicted molar refractivity (Wildman–Crippen MR) is 227 cm³/mol. The van der Waals surface area contributed by atoms with Crippen LogP contribution in [-0.2, 0) is 47.9 Å². The first-order valence-electron chi connectivity index (χ1n) is 19.6. The quantitative estimate of drug-likeness (QED) is 0.0475. The van der Waals surface area contributed by atoms with Crippen LogP contribution in [-0.4, -0.2) is 52.1 Å². The largest absolute Gasteiger partial charge is 0.487 e. The number of hydrogen-bond donors (Lipinski definition) is 0. The lowest BCUT2D eigenvalue weighted by molar-refractivity contribution is -0.264. The molecule has 0 amide bonds. The van der Waals surface area contributed by atoms with Gasteiger partial charge in [-0.3, -0.25) is 0 Å². The molecule has 0 aromatic heterocycles. The summed E-state index contributed by atoms with van der Waals surface area (Å²) in [5.74, 6) is 0.495. The molecule has 292 valence electrons. The summed E-state index contributed by atoms with van der Waals surface area (Å²) in [6.45, 7) is 17.0. The van der Waals surface area contributed by atoms with Crippen LogP contribution in [0.2, 0.25) is 5.04 Å². The van der Waals surface area contributed by atoms with Crippen molar-refractivity contribution in [3.8, 4) is 0 Å². The van der Waals surface area contributed by atoms with Crippen molar-refractivity contribution in [2.45, 2.75) is 82.6 Å². The molecule has 0 unspecified atom stereocenters. The molecule has 0 bridgehead atoms. The second-order valence-electron chi connectivity index (χ2n) is 15.3. The van der Waals surface area contributed by atoms with Gasteiger partial charge >= 0.3 is 0 Å². The molecular formula is C49H56O6Si. The van der Waals surface area contributed by atoms with Crippen molar-refractivity contribution in [1.29, 1.82) is 0 Å². The minimum Gasteiger partial charge on any atom is -0.487 e. The molecule has 6 rings (SSSR count). The highest BCUT2D eigenvalue weighted by Crippen LogP contribution is 2.38. The SMILES string of the molecule is C=CC[C@@H]1O[C@H](COCc2ccccc2)[C@@H](OCc2ccccc2)[C@H](OCc2ccccc2)[C@H]1OC(=C)CO[Si](c1ccccc1)(c1ccccc1)C(C)(C)C. The number of benzene rings is 5. The summed E-state index contributed by atoms with van der Waals surface area (Å²) >= 11 is 0. The van der Waals surface area contributed by atoms with Gasteiger partial charge in [-0.1, -0.05) is 185 Å². The Kier molecular flexibility index (Phi) is 14.7. The van der Waals surface area contributed by atoms with Crippen LogP contribution >= 0.6 is 0 Å². The molecule has 0 aliphatic carbocycles. The molecule has 1 saturated heterocycles. The van der Waals surface area contributed by atoms with Gasteiger partial charge in [0.15, 0.2) is 6.10 Å². The maximum absolute atomic E-state index is 7.24. The van der Waals surface area contributed by atoms with Gasteiger partial charge in [0.25, 0.3) is 8.32 Å². The molecule has 0 N–H and O–H groups in total. The van der Waals surface area contributed by atoms with Crippen LogP contribution in [0.4, 0.5) is 0 Å². The molecule has 5 aromatic rings. The van der Waals surface area contributed by atoms with E-state index in [-0.39, 0.29) is 11.6 Å². The van der Waals surface area contributed by atoms with E-state index >= 15 is 0 Å². The van der Waals surface area contributed by atoms with Gasteiger partial charge in [0.1, 0.15) is 30.2 Å². The fourth-order valence-electron chi connectivity index (χ4n) is 7.59. The number of rotatable bonds is 19. The first-order chi connectivity index (χ1) is 27.3. The predicted octanol–water partition coefficient (Wildman–Crippen LogP) is 9.19. The molecule has 5 atom stereocenters. The molecule has 0 radical (unpaired) electrons. The van der Waals surface area contributed by atoms with Crippen LogP contribution in [0.3, 0.4) is 0 Å². The van der Waals surface area contributed by atoms with E-state index in [2.05, 4.69) is 119 Å². The monoisotopic (exact) mass is 768 g/mol. The number of ether oxygens (including phenoxy) is 5. The Labute approximate surface area is 334 Å². The van der Waals surface area contributed by atoms with Crippen LogP contribution in [0.1, 0.15) is 43.9 Å². The van der Waals surface area contributed by atoms with E-state index in [0.29, 0.717) is 38.6 Å². The van der Waals surface area contributed by atoms with Crippen LogP contribution in [0.5, 0.6) is 0 Å². The molecule has 1 aliphatic rings. The summed E-state index contributed by atoms with van der Waals surface area (Å²) in [7, 11) is -2.86. The maximum Gasteiger partial charge on any atom is 0.261 e. The second kappa shape index (κ2) is 20.0. The molecule has 56 heavy (non-hydrogen) atoms. The smallest absolute Gasteiger partial charge is 0.261 e. The van der Waals surface area contributed by atoms with Gasteiger partial charge in [-0.05, 0) is 38.5 Å². The molecular weight excluding hydrogens is 713 g/mol. The van der Waals surface area contributed by atoms with Crippen molar-refractivity contribution in [2.75, 3.05) is 13.2 Å². The van der Waals surface area contributed by atoms with Crippen LogP contribution in [0, 0.1) is 0 Å². The minimum atomic E-state index is -2.86. The summed E-state index contributed by atoms with van der Waals surface area (Å²) in [6.07, 6.45) is -0.144. The summed E-state index contributed by atoms with van der Waals surface area (Å²) in [5, 5.41) is 2.17. The van der Waals surface area contributed by atoms with Crippen LogP contribution < -0.4 is 10.4 Å². The average molecular weight is 769 g/mol. The van der Waals surface area contributed by atoms with Crippen LogP contribution in [0.25, 0.3) is 0 Å². The van der Waals surface area contributed by atoms with Crippen molar-refractivity contribution in [3.05, 3.63) is 193 Å². The van der Waals surface area contributed by atoms with E-state index < -0.39 is 38.8 Å². The topological polar surface area (TPSA) is 55.4 Å². The summed E-state index contributed by atoms with van der Waals surface area (Å²) in [5.41, 5.74) is 3.18. The molecule has 0 saturated carbocycles. The summed E-state index contributed by atoms with van der Waals surface area (Å²) < 4.78 is 41.1. The molecule has 1 aliphatic heterocycles. The van der Waals surface area contributed by atoms with Crippen molar-refractivity contribution >= 4 is 18.7 Å². The molecule has 7 heteroatoms. The van der Waals surface area contributed by atoms with E-state index in [1.54, 1.807) is 0 Å². The summed E-state index contributed by atoms with van der Waals surface area (Å²) in [6, 6.07) is 51.7. The van der Waals surface area contributed by atoms with Crippen LogP contribution in [0.15, 0.2) is 177 Å². The van der Waals surface area contributed by atoms with E-state index in [1.165, 1.54) is 10.4 Å². The van der Waals surface area contributed by atoms with Gasteiger partial charge < -0.3 is 28.1 Å². The fraction of sp³-hybridized carbons (Fsp3) is 0.306. The molecule has 0 spiro atoms. The normalized spacial score (nSPS) is 19.9. The van der Waals surface area contributed by atoms with E-state index in [4.69, 9.17) is 28.1 Å². The Morgan fingerprint density at radius 2 is 1.05 bits per heavy atom. The Morgan fingerprint density at radius 3 is 1.52 bits per heavy atom. The summed E-state index contributed by atoms with van der Waals surface area (Å²) in [4.78, 5) is 0. The van der Waals surface area contributed by atoms with Gasteiger partial charge in [0, 0.05) is 0 Å². The molecule has 6 nitrogen and oxygen atoms in total. The van der Waals surface area contributed by atoms with Gasteiger partial charge in [-0.2, -0.15) is 0 Å². The lowest BCUT2D eigenvalue weighted by Crippen LogP contribution is -2.66. The van der Waals surface area contributed by atoms with Crippen molar-refractivity contribution in [2.24, 2.45) is 0 Å². The molecule has 1 fully saturated rings. The first kappa shape index (κ1) is 41.0. The zero-order valence-corrected chi connectivity index (χ0v) is 34.0. The molecule has 1 heterocycles. The Balaban J connectivity index is 1.30. The molecule has 5 aromatic carbocycles. The Bertz CT molecular complexity index is 1860. The van der Waals surface area contributed by atoms with Gasteiger partial charge in [-0.15, -0.1) is 6.58 Å². The third kappa shape index (κ3) is 10.4. The standard InChI is InChI=1S/C49H56O6Si/c1-6-22-44-47(54-38(2)33-53-56(49(3,4)5,42-29-18-10-19-30-42)43-31-20-11-21-32-43)48(52-36-41-27-16-9-17-28-41)46(51-35-40-25-14-8-15-26-40)45(55-44)37-50-34-39-23-12-7-13-24-39/h6-21,23-32,44-48H,1-2,22,33-37H2,3-5H3/t44-,45+,46+,47-,48-/m0/s1. The highest BCUT2D eigenvalue weighted by molar-refractivity contribution is 6.99. The van der Waals surface area contributed by atoms with Crippen molar-refractivity contribution in [1.82, 2.24) is 0 Å². The lowest BCUT2D eigenvalue weighted by atomic mass is 9.92.